The summed E-state index contributed by atoms with van der Waals surface area (Å²) < 4.78 is 42.4. The van der Waals surface area contributed by atoms with Crippen LogP contribution in [0.1, 0.15) is 25.7 Å². The van der Waals surface area contributed by atoms with Crippen LogP contribution in [0, 0.1) is 0 Å². The number of hydrogen-bond acceptors (Lipinski definition) is 30. The maximum Gasteiger partial charge on any atom is 0.218 e. The summed E-state index contributed by atoms with van der Waals surface area (Å²) in [6.45, 7) is -5.26. The van der Waals surface area contributed by atoms with Crippen molar-refractivity contribution in [1.29, 1.82) is 0 Å². The quantitative estimate of drug-likeness (QED) is 0.0967. The first-order valence-electron chi connectivity index (χ1n) is 20.0. The molecule has 5 aliphatic rings. The average molecular weight is 972 g/mol. The largest absolute Gasteiger partial charge is 0.506 e. The predicted octanol–water partition coefficient (Wildman–Crippen LogP) is -6.73. The van der Waals surface area contributed by atoms with Gasteiger partial charge in [0.05, 0.1) is 13.2 Å². The third-order valence-electron chi connectivity index (χ3n) is 10.2. The van der Waals surface area contributed by atoms with Crippen LogP contribution in [-0.2, 0) is 37.9 Å². The Morgan fingerprint density at radius 2 is 0.621 bits per heavy atom. The highest BCUT2D eigenvalue weighted by molar-refractivity contribution is 5.13. The molecule has 18 unspecified atom stereocenters. The first-order chi connectivity index (χ1) is 31.1. The van der Waals surface area contributed by atoms with E-state index in [1.165, 1.54) is 0 Å². The molecule has 30 heteroatoms. The molecule has 23 N–H and O–H groups in total. The summed E-state index contributed by atoms with van der Waals surface area (Å²) in [6.07, 6.45) is -42.5. The molecular formula is C36H61NO29. The molecule has 384 valence electrons. The van der Waals surface area contributed by atoms with Gasteiger partial charge in [0.2, 0.25) is 25.2 Å². The minimum absolute atomic E-state index is 0.419. The van der Waals surface area contributed by atoms with Crippen molar-refractivity contribution in [3.63, 3.8) is 0 Å². The van der Waals surface area contributed by atoms with Crippen LogP contribution in [0.25, 0.3) is 0 Å². The fraction of sp³-hybridized carbons (Fsp3) is 0.778. The molecule has 0 spiro atoms. The van der Waals surface area contributed by atoms with Crippen molar-refractivity contribution in [2.75, 3.05) is 39.6 Å². The second-order valence-electron chi connectivity index (χ2n) is 14.7. The first kappa shape index (κ1) is 56.8. The third-order valence-corrected chi connectivity index (χ3v) is 10.2. The van der Waals surface area contributed by atoms with E-state index in [-0.39, 0.29) is 0 Å². The zero-order valence-electron chi connectivity index (χ0n) is 34.7. The lowest BCUT2D eigenvalue weighted by Gasteiger charge is -2.47. The summed E-state index contributed by atoms with van der Waals surface area (Å²) in [7, 11) is 0. The standard InChI is InChI=1S/C36H61NO29/c37-5-1-11-17(43)23(49)32(56)60-12(2-6-38)18(44)24(50)33(57)61-13(3-7-39)19(45)26(52)34(58)65-29-15(9-41)64-36(28(54)21(29)47)66-30-16(10-42)63-35(27(53)22(30)48)62-14(4-8-40)20(46)25(51)31(55)59-11/h11-16,21-22,27-36,38-58H,1-10,37H2/b23-17?,24-18+,25-20+,26-19-. The Labute approximate surface area is 373 Å². The molecule has 0 aromatic rings. The van der Waals surface area contributed by atoms with Gasteiger partial charge >= 0.3 is 0 Å². The molecule has 2 fully saturated rings. The minimum Gasteiger partial charge on any atom is -0.506 e. The van der Waals surface area contributed by atoms with Gasteiger partial charge in [-0.15, -0.1) is 0 Å². The highest BCUT2D eigenvalue weighted by Gasteiger charge is 2.52. The minimum atomic E-state index is -2.76. The van der Waals surface area contributed by atoms with Crippen molar-refractivity contribution in [2.45, 2.75) is 137 Å². The molecule has 30 nitrogen and oxygen atoms in total. The van der Waals surface area contributed by atoms with Crippen LogP contribution in [0.3, 0.4) is 0 Å². The third kappa shape index (κ3) is 13.8. The first-order valence-corrected chi connectivity index (χ1v) is 20.0. The summed E-state index contributed by atoms with van der Waals surface area (Å²) in [4.78, 5) is 0. The van der Waals surface area contributed by atoms with Crippen LogP contribution in [0.5, 0.6) is 0 Å². The van der Waals surface area contributed by atoms with E-state index in [4.69, 9.17) is 43.6 Å². The Balaban J connectivity index is 2.17. The Morgan fingerprint density at radius 1 is 0.333 bits per heavy atom. The summed E-state index contributed by atoms with van der Waals surface area (Å²) in [6, 6.07) is 0. The van der Waals surface area contributed by atoms with E-state index in [2.05, 4.69) is 0 Å². The summed E-state index contributed by atoms with van der Waals surface area (Å²) >= 11 is 0. The lowest BCUT2D eigenvalue weighted by atomic mass is 9.96. The van der Waals surface area contributed by atoms with Crippen molar-refractivity contribution in [3.05, 3.63) is 46.1 Å². The van der Waals surface area contributed by atoms with Gasteiger partial charge in [-0.25, -0.2) is 0 Å². The normalized spacial score (nSPS) is 42.7. The van der Waals surface area contributed by atoms with Gasteiger partial charge in [0.15, 0.2) is 58.7 Å². The highest BCUT2D eigenvalue weighted by atomic mass is 16.8. The van der Waals surface area contributed by atoms with Crippen LogP contribution in [0.15, 0.2) is 46.1 Å². The molecule has 0 saturated carbocycles. The van der Waals surface area contributed by atoms with Gasteiger partial charge in [-0.2, -0.15) is 0 Å². The zero-order chi connectivity index (χ0) is 49.7. The molecule has 4 bridgehead atoms. The van der Waals surface area contributed by atoms with Crippen molar-refractivity contribution < 1.29 is 145 Å². The molecule has 0 aromatic carbocycles. The Morgan fingerprint density at radius 3 is 0.939 bits per heavy atom. The van der Waals surface area contributed by atoms with E-state index in [1.54, 1.807) is 0 Å². The molecule has 2 saturated heterocycles. The molecule has 0 amide bonds. The van der Waals surface area contributed by atoms with E-state index in [1.807, 2.05) is 0 Å². The van der Waals surface area contributed by atoms with Gasteiger partial charge in [0.1, 0.15) is 73.2 Å². The molecule has 0 aromatic heterocycles. The van der Waals surface area contributed by atoms with E-state index in [0.717, 1.165) is 0 Å². The van der Waals surface area contributed by atoms with Crippen LogP contribution < -0.4 is 5.73 Å². The van der Waals surface area contributed by atoms with Crippen molar-refractivity contribution >= 4 is 0 Å². The lowest BCUT2D eigenvalue weighted by Crippen LogP contribution is -2.65. The van der Waals surface area contributed by atoms with Crippen molar-refractivity contribution in [2.24, 2.45) is 5.73 Å². The van der Waals surface area contributed by atoms with Crippen molar-refractivity contribution in [3.8, 4) is 0 Å². The van der Waals surface area contributed by atoms with Crippen molar-refractivity contribution in [1.82, 2.24) is 0 Å². The second-order valence-corrected chi connectivity index (χ2v) is 14.7. The summed E-state index contributed by atoms with van der Waals surface area (Å²) in [5.41, 5.74) is 5.55. The van der Waals surface area contributed by atoms with E-state index in [9.17, 15) is 107 Å². The maximum absolute atomic E-state index is 11.1. The number of ether oxygens (including phenoxy) is 8. The van der Waals surface area contributed by atoms with Gasteiger partial charge in [-0.3, -0.25) is 0 Å². The molecule has 5 aliphatic heterocycles. The lowest BCUT2D eigenvalue weighted by molar-refractivity contribution is -0.368. The molecule has 5 heterocycles. The number of aliphatic hydroxyl groups excluding tert-OH is 21. The van der Waals surface area contributed by atoms with E-state index in [0.29, 0.717) is 0 Å². The van der Waals surface area contributed by atoms with Crippen LogP contribution in [0.2, 0.25) is 0 Å². The number of aliphatic hydroxyl groups is 21. The van der Waals surface area contributed by atoms with Crippen LogP contribution in [-0.4, -0.2) is 258 Å². The topological polar surface area (TPSA) is 525 Å². The monoisotopic (exact) mass is 971 g/mol. The molecule has 5 rings (SSSR count). The predicted molar refractivity (Wildman–Crippen MR) is 207 cm³/mol. The Kier molecular flexibility index (Phi) is 22.6. The number of hydrogen-bond donors (Lipinski definition) is 22. The van der Waals surface area contributed by atoms with Gasteiger partial charge in [-0.05, 0) is 13.0 Å². The number of rotatable bonds is 10. The fourth-order valence-electron chi connectivity index (χ4n) is 6.60. The average Bonchev–Trinajstić information content (AvgIpc) is 3.30. The maximum atomic E-state index is 11.1. The molecular weight excluding hydrogens is 910 g/mol. The SMILES string of the molecule is NCCC1OC(O)/C(O)=C(\O)C(CCO)OC2OC(CO)C(OC3OC(CO)C(OC(O)/C(O)=C(/O)C(CCO)OC(O)/C(O)=C(\O)C(CCO)OC(O)C(O)=C1O)C(O)C3O)C(O)C2O. The van der Waals surface area contributed by atoms with Gasteiger partial charge in [0, 0.05) is 39.1 Å². The van der Waals surface area contributed by atoms with Gasteiger partial charge in [-0.1, -0.05) is 0 Å². The zero-order valence-corrected chi connectivity index (χ0v) is 34.7. The van der Waals surface area contributed by atoms with E-state index < -0.39 is 222 Å². The number of nitrogens with two attached hydrogens (primary N) is 1. The summed E-state index contributed by atoms with van der Waals surface area (Å²) in [5, 5.41) is 222. The Hall–Kier alpha value is -3.52. The summed E-state index contributed by atoms with van der Waals surface area (Å²) in [5.74, 6) is -11.8. The van der Waals surface area contributed by atoms with Gasteiger partial charge < -0.3 is 151 Å². The van der Waals surface area contributed by atoms with E-state index >= 15 is 0 Å². The fourth-order valence-corrected chi connectivity index (χ4v) is 6.60. The molecule has 0 aliphatic carbocycles. The highest BCUT2D eigenvalue weighted by Crippen LogP contribution is 2.33. The Bertz CT molecular complexity index is 1630. The number of fused-ring (bicyclic) bond motifs is 2. The second kappa shape index (κ2) is 26.3. The van der Waals surface area contributed by atoms with Gasteiger partial charge in [0.25, 0.3) is 0 Å². The molecule has 0 radical (unpaired) electrons. The molecule has 66 heavy (non-hydrogen) atoms. The van der Waals surface area contributed by atoms with Crippen LogP contribution in [0.4, 0.5) is 0 Å². The smallest absolute Gasteiger partial charge is 0.218 e. The van der Waals surface area contributed by atoms with Crippen LogP contribution >= 0.6 is 0 Å². The molecule has 18 atom stereocenters.